The highest BCUT2D eigenvalue weighted by atomic mass is 16.2. The van der Waals surface area contributed by atoms with Crippen LogP contribution in [-0.4, -0.2) is 36.4 Å². The number of benzene rings is 1. The summed E-state index contributed by atoms with van der Waals surface area (Å²) in [6, 6.07) is 9.27. The molecule has 2 aliphatic carbocycles. The Morgan fingerprint density at radius 3 is 2.86 bits per heavy atom. The van der Waals surface area contributed by atoms with Crippen molar-refractivity contribution in [3.05, 3.63) is 58.7 Å². The Bertz CT molecular complexity index is 1050. The van der Waals surface area contributed by atoms with Crippen LogP contribution < -0.4 is 0 Å². The van der Waals surface area contributed by atoms with Gasteiger partial charge < -0.3 is 4.90 Å². The third-order valence-electron chi connectivity index (χ3n) is 6.24. The van der Waals surface area contributed by atoms with Gasteiger partial charge in [0.15, 0.2) is 0 Å². The van der Waals surface area contributed by atoms with Gasteiger partial charge in [-0.25, -0.2) is 9.50 Å². The summed E-state index contributed by atoms with van der Waals surface area (Å²) in [7, 11) is 0. The molecule has 1 aromatic carbocycles. The van der Waals surface area contributed by atoms with Gasteiger partial charge in [-0.1, -0.05) is 24.3 Å². The van der Waals surface area contributed by atoms with Gasteiger partial charge in [-0.2, -0.15) is 10.1 Å². The highest BCUT2D eigenvalue weighted by Gasteiger charge is 2.40. The molecule has 6 heteroatoms. The molecule has 1 atom stereocenters. The second-order valence-electron chi connectivity index (χ2n) is 8.02. The molecule has 0 saturated heterocycles. The van der Waals surface area contributed by atoms with E-state index in [-0.39, 0.29) is 11.9 Å². The molecule has 0 bridgehead atoms. The molecular weight excluding hydrogens is 350 g/mol. The predicted molar refractivity (Wildman–Crippen MR) is 106 cm³/mol. The average Bonchev–Trinajstić information content (AvgIpc) is 3.25. The van der Waals surface area contributed by atoms with Gasteiger partial charge in [0.1, 0.15) is 6.33 Å². The van der Waals surface area contributed by atoms with Crippen LogP contribution in [-0.2, 0) is 17.6 Å². The van der Waals surface area contributed by atoms with Crippen LogP contribution in [0.25, 0.3) is 5.78 Å². The van der Waals surface area contributed by atoms with Gasteiger partial charge in [0.25, 0.3) is 5.78 Å². The zero-order valence-corrected chi connectivity index (χ0v) is 16.4. The van der Waals surface area contributed by atoms with E-state index in [1.807, 2.05) is 13.8 Å². The standard InChI is InChI=1S/C22H25N5O/c1-14-18(15(2)27-22(25-14)23-13-24-27)10-12-21(28)26(17-8-9-17)20-11-7-16-5-3-4-6-19(16)20/h3-6,13,17,20H,7-12H2,1-2H3. The van der Waals surface area contributed by atoms with E-state index in [0.29, 0.717) is 24.7 Å². The topological polar surface area (TPSA) is 63.4 Å². The van der Waals surface area contributed by atoms with Gasteiger partial charge in [0.2, 0.25) is 5.91 Å². The number of aryl methyl sites for hydroxylation is 3. The lowest BCUT2D eigenvalue weighted by atomic mass is 10.0. The van der Waals surface area contributed by atoms with Gasteiger partial charge >= 0.3 is 0 Å². The Hall–Kier alpha value is -2.76. The molecule has 6 nitrogen and oxygen atoms in total. The van der Waals surface area contributed by atoms with Gasteiger partial charge in [0.05, 0.1) is 6.04 Å². The first-order valence-corrected chi connectivity index (χ1v) is 10.2. The third-order valence-corrected chi connectivity index (χ3v) is 6.24. The Morgan fingerprint density at radius 2 is 2.04 bits per heavy atom. The summed E-state index contributed by atoms with van der Waals surface area (Å²) in [5.41, 5.74) is 5.82. The minimum atomic E-state index is 0.245. The molecule has 5 rings (SSSR count). The molecule has 1 unspecified atom stereocenters. The van der Waals surface area contributed by atoms with Crippen LogP contribution in [0.15, 0.2) is 30.6 Å². The van der Waals surface area contributed by atoms with E-state index in [0.717, 1.165) is 42.6 Å². The summed E-state index contributed by atoms with van der Waals surface area (Å²) in [6.45, 7) is 4.02. The van der Waals surface area contributed by atoms with Crippen LogP contribution in [0, 0.1) is 13.8 Å². The van der Waals surface area contributed by atoms with Gasteiger partial charge in [-0.05, 0) is 62.6 Å². The molecule has 2 heterocycles. The number of rotatable bonds is 5. The summed E-state index contributed by atoms with van der Waals surface area (Å²) >= 11 is 0. The Labute approximate surface area is 164 Å². The number of amides is 1. The lowest BCUT2D eigenvalue weighted by molar-refractivity contribution is -0.134. The van der Waals surface area contributed by atoms with Gasteiger partial charge in [-0.3, -0.25) is 4.79 Å². The van der Waals surface area contributed by atoms with Crippen LogP contribution in [0.5, 0.6) is 0 Å². The number of fused-ring (bicyclic) bond motifs is 2. The van der Waals surface area contributed by atoms with Crippen LogP contribution in [0.1, 0.15) is 59.8 Å². The zero-order valence-electron chi connectivity index (χ0n) is 16.4. The van der Waals surface area contributed by atoms with E-state index in [2.05, 4.69) is 44.2 Å². The maximum atomic E-state index is 13.3. The smallest absolute Gasteiger partial charge is 0.252 e. The number of nitrogens with zero attached hydrogens (tertiary/aromatic N) is 5. The first-order valence-electron chi connectivity index (χ1n) is 10.2. The molecule has 1 fully saturated rings. The second kappa shape index (κ2) is 6.69. The summed E-state index contributed by atoms with van der Waals surface area (Å²) in [4.78, 5) is 24.2. The number of hydrogen-bond acceptors (Lipinski definition) is 4. The highest BCUT2D eigenvalue weighted by molar-refractivity contribution is 5.78. The average molecular weight is 375 g/mol. The van der Waals surface area contributed by atoms with Crippen molar-refractivity contribution >= 4 is 11.7 Å². The molecule has 0 aliphatic heterocycles. The van der Waals surface area contributed by atoms with Crippen LogP contribution in [0.4, 0.5) is 0 Å². The molecule has 1 amide bonds. The van der Waals surface area contributed by atoms with Crippen molar-refractivity contribution in [1.82, 2.24) is 24.5 Å². The SMILES string of the molecule is Cc1nc2ncnn2c(C)c1CCC(=O)N(C1CC1)C1CCc2ccccc21. The predicted octanol–water partition coefficient (Wildman–Crippen LogP) is 3.35. The van der Waals surface area contributed by atoms with Crippen LogP contribution >= 0.6 is 0 Å². The molecule has 1 saturated carbocycles. The molecule has 0 spiro atoms. The van der Waals surface area contributed by atoms with Crippen molar-refractivity contribution in [2.75, 3.05) is 0 Å². The molecule has 2 aliphatic rings. The Kier molecular flexibility index (Phi) is 4.14. The minimum absolute atomic E-state index is 0.245. The maximum absolute atomic E-state index is 13.3. The van der Waals surface area contributed by atoms with Gasteiger partial charge in [0, 0.05) is 23.9 Å². The van der Waals surface area contributed by atoms with Crippen LogP contribution in [0.2, 0.25) is 0 Å². The van der Waals surface area contributed by atoms with E-state index in [4.69, 9.17) is 0 Å². The first kappa shape index (κ1) is 17.3. The summed E-state index contributed by atoms with van der Waals surface area (Å²) in [5.74, 6) is 0.883. The molecule has 28 heavy (non-hydrogen) atoms. The lowest BCUT2D eigenvalue weighted by Crippen LogP contribution is -2.36. The molecule has 3 aromatic rings. The third kappa shape index (κ3) is 2.87. The minimum Gasteiger partial charge on any atom is -0.333 e. The summed E-state index contributed by atoms with van der Waals surface area (Å²) < 4.78 is 1.76. The Morgan fingerprint density at radius 1 is 1.21 bits per heavy atom. The molecule has 2 aromatic heterocycles. The van der Waals surface area contributed by atoms with E-state index in [9.17, 15) is 4.79 Å². The van der Waals surface area contributed by atoms with E-state index < -0.39 is 0 Å². The fourth-order valence-electron chi connectivity index (χ4n) is 4.69. The quantitative estimate of drug-likeness (QED) is 0.686. The van der Waals surface area contributed by atoms with Crippen molar-refractivity contribution in [2.24, 2.45) is 0 Å². The Balaban J connectivity index is 1.37. The number of aromatic nitrogens is 4. The summed E-state index contributed by atoms with van der Waals surface area (Å²) in [5, 5.41) is 4.26. The maximum Gasteiger partial charge on any atom is 0.252 e. The second-order valence-corrected chi connectivity index (χ2v) is 8.02. The van der Waals surface area contributed by atoms with Crippen molar-refractivity contribution in [1.29, 1.82) is 0 Å². The number of carbonyl (C=O) groups excluding carboxylic acids is 1. The monoisotopic (exact) mass is 375 g/mol. The van der Waals surface area contributed by atoms with E-state index in [1.54, 1.807) is 4.52 Å². The van der Waals surface area contributed by atoms with Crippen molar-refractivity contribution in [2.45, 2.75) is 64.5 Å². The number of carbonyl (C=O) groups is 1. The number of hydrogen-bond donors (Lipinski definition) is 0. The first-order chi connectivity index (χ1) is 13.6. The van der Waals surface area contributed by atoms with Gasteiger partial charge in [-0.15, -0.1) is 0 Å². The lowest BCUT2D eigenvalue weighted by Gasteiger charge is -2.30. The van der Waals surface area contributed by atoms with E-state index >= 15 is 0 Å². The highest BCUT2D eigenvalue weighted by Crippen LogP contribution is 2.42. The van der Waals surface area contributed by atoms with Crippen molar-refractivity contribution < 1.29 is 4.79 Å². The largest absolute Gasteiger partial charge is 0.333 e. The van der Waals surface area contributed by atoms with Crippen LogP contribution in [0.3, 0.4) is 0 Å². The van der Waals surface area contributed by atoms with Crippen molar-refractivity contribution in [3.8, 4) is 0 Å². The molecule has 0 radical (unpaired) electrons. The van der Waals surface area contributed by atoms with E-state index in [1.165, 1.54) is 17.5 Å². The van der Waals surface area contributed by atoms with Crippen molar-refractivity contribution in [3.63, 3.8) is 0 Å². The molecule has 144 valence electrons. The fraction of sp³-hybridized carbons (Fsp3) is 0.455. The normalized spacial score (nSPS) is 18.4. The summed E-state index contributed by atoms with van der Waals surface area (Å²) in [6.07, 6.45) is 7.12. The molecule has 0 N–H and O–H groups in total. The fourth-order valence-corrected chi connectivity index (χ4v) is 4.69. The molecular formula is C22H25N5O. The zero-order chi connectivity index (χ0) is 19.3.